The number of aromatic hydroxyl groups is 1. The van der Waals surface area contributed by atoms with Crippen LogP contribution in [0.3, 0.4) is 0 Å². The number of phenolic OH excluding ortho intramolecular Hbond substituents is 1. The highest BCUT2D eigenvalue weighted by Crippen LogP contribution is 2.41. The lowest BCUT2D eigenvalue weighted by molar-refractivity contribution is 0.00299. The van der Waals surface area contributed by atoms with Crippen molar-refractivity contribution in [1.29, 1.82) is 5.26 Å². The van der Waals surface area contributed by atoms with Crippen LogP contribution in [-0.2, 0) is 6.54 Å². The highest BCUT2D eigenvalue weighted by molar-refractivity contribution is 5.69. The van der Waals surface area contributed by atoms with Gasteiger partial charge in [-0.1, -0.05) is 6.92 Å². The number of nitrogens with zero attached hydrogens (tertiary/aromatic N) is 2. The molecule has 2 aromatic rings. The molecule has 1 aliphatic rings. The fourth-order valence-corrected chi connectivity index (χ4v) is 3.69. The normalized spacial score (nSPS) is 23.7. The van der Waals surface area contributed by atoms with Gasteiger partial charge in [-0.15, -0.1) is 0 Å². The maximum atomic E-state index is 14.7. The number of halogens is 2. The lowest BCUT2D eigenvalue weighted by Crippen LogP contribution is -2.48. The van der Waals surface area contributed by atoms with Crippen LogP contribution in [0.5, 0.6) is 5.75 Å². The first-order valence-electron chi connectivity index (χ1n) is 8.76. The van der Waals surface area contributed by atoms with Crippen molar-refractivity contribution in [2.24, 2.45) is 5.41 Å². The third kappa shape index (κ3) is 3.45. The third-order valence-corrected chi connectivity index (χ3v) is 5.53. The fraction of sp³-hybridized carbons (Fsp3) is 0.450. The number of nitriles is 1. The van der Waals surface area contributed by atoms with Gasteiger partial charge in [-0.05, 0) is 37.6 Å². The van der Waals surface area contributed by atoms with Gasteiger partial charge in [-0.25, -0.2) is 8.78 Å². The molecule has 1 saturated heterocycles. The summed E-state index contributed by atoms with van der Waals surface area (Å²) in [7, 11) is 0. The summed E-state index contributed by atoms with van der Waals surface area (Å²) < 4.78 is 34.2. The molecule has 0 amide bonds. The van der Waals surface area contributed by atoms with Crippen LogP contribution in [0.2, 0.25) is 0 Å². The van der Waals surface area contributed by atoms with Crippen molar-refractivity contribution in [3.05, 3.63) is 42.1 Å². The van der Waals surface area contributed by atoms with Gasteiger partial charge in [0, 0.05) is 41.6 Å². The van der Waals surface area contributed by atoms with E-state index in [1.165, 1.54) is 24.7 Å². The van der Waals surface area contributed by atoms with E-state index in [1.54, 1.807) is 6.07 Å². The molecule has 0 saturated carbocycles. The number of phenols is 1. The molecule has 1 aliphatic heterocycles. The number of hydrogen-bond acceptors (Lipinski definition) is 4. The molecule has 26 heavy (non-hydrogen) atoms. The number of likely N-dealkylation sites (tertiary alicyclic amines) is 1. The Hall–Kier alpha value is -2.39. The van der Waals surface area contributed by atoms with Gasteiger partial charge in [-0.2, -0.15) is 5.26 Å². The zero-order chi connectivity index (χ0) is 18.7. The molecule has 0 spiro atoms. The van der Waals surface area contributed by atoms with Crippen molar-refractivity contribution in [3.63, 3.8) is 0 Å². The summed E-state index contributed by atoms with van der Waals surface area (Å²) in [4.78, 5) is 1.84. The first kappa shape index (κ1) is 18.4. The predicted octanol–water partition coefficient (Wildman–Crippen LogP) is 4.65. The highest BCUT2D eigenvalue weighted by Gasteiger charge is 2.42. The van der Waals surface area contributed by atoms with E-state index in [-0.39, 0.29) is 25.3 Å². The van der Waals surface area contributed by atoms with Crippen LogP contribution < -0.4 is 0 Å². The Bertz CT molecular complexity index is 801. The number of furan rings is 1. The quantitative estimate of drug-likeness (QED) is 0.843. The molecule has 1 fully saturated rings. The maximum Gasteiger partial charge on any atom is 0.128 e. The summed E-state index contributed by atoms with van der Waals surface area (Å²) in [6.45, 7) is 2.89. The standard InChI is InChI=1S/C20H22F2N2O2/c1-2-20(4-6-23)5-7-24(12-19(20)22)11-15-9-18(25)16(10-17(15)21)14-3-8-26-13-14/h3,8-10,13,19,25H,2,4-5,7,11-12H2,1H3. The maximum absolute atomic E-state index is 14.7. The minimum atomic E-state index is -1.12. The van der Waals surface area contributed by atoms with Gasteiger partial charge in [0.15, 0.2) is 0 Å². The molecule has 2 heterocycles. The van der Waals surface area contributed by atoms with Crippen molar-refractivity contribution in [3.8, 4) is 22.9 Å². The van der Waals surface area contributed by atoms with E-state index in [1.807, 2.05) is 11.8 Å². The topological polar surface area (TPSA) is 60.4 Å². The molecule has 2 unspecified atom stereocenters. The van der Waals surface area contributed by atoms with E-state index in [2.05, 4.69) is 6.07 Å². The number of alkyl halides is 1. The van der Waals surface area contributed by atoms with Crippen molar-refractivity contribution >= 4 is 0 Å². The zero-order valence-electron chi connectivity index (χ0n) is 14.7. The average molecular weight is 360 g/mol. The van der Waals surface area contributed by atoms with Gasteiger partial charge < -0.3 is 9.52 Å². The molecule has 0 bridgehead atoms. The summed E-state index contributed by atoms with van der Waals surface area (Å²) >= 11 is 0. The van der Waals surface area contributed by atoms with E-state index in [9.17, 15) is 13.9 Å². The van der Waals surface area contributed by atoms with Gasteiger partial charge in [0.05, 0.1) is 18.6 Å². The molecular weight excluding hydrogens is 338 g/mol. The molecule has 1 aromatic heterocycles. The van der Waals surface area contributed by atoms with E-state index in [0.29, 0.717) is 36.1 Å². The minimum Gasteiger partial charge on any atom is -0.507 e. The van der Waals surface area contributed by atoms with Crippen LogP contribution in [0.4, 0.5) is 8.78 Å². The zero-order valence-corrected chi connectivity index (χ0v) is 14.7. The SMILES string of the molecule is CCC1(CC#N)CCN(Cc2cc(O)c(-c3ccoc3)cc2F)CC1F. The summed E-state index contributed by atoms with van der Waals surface area (Å²) in [6, 6.07) is 6.41. The Kier molecular flexibility index (Phi) is 5.28. The molecule has 1 aromatic carbocycles. The summed E-state index contributed by atoms with van der Waals surface area (Å²) in [6.07, 6.45) is 3.15. The van der Waals surface area contributed by atoms with Crippen LogP contribution in [0.15, 0.2) is 35.1 Å². The number of hydrogen-bond donors (Lipinski definition) is 1. The van der Waals surface area contributed by atoms with E-state index in [0.717, 1.165) is 0 Å². The monoisotopic (exact) mass is 360 g/mol. The minimum absolute atomic E-state index is 0.0380. The lowest BCUT2D eigenvalue weighted by atomic mass is 9.72. The number of piperidine rings is 1. The van der Waals surface area contributed by atoms with Crippen LogP contribution in [-0.4, -0.2) is 29.3 Å². The van der Waals surface area contributed by atoms with Crippen molar-refractivity contribution < 1.29 is 18.3 Å². The summed E-state index contributed by atoms with van der Waals surface area (Å²) in [5, 5.41) is 19.2. The second kappa shape index (κ2) is 7.46. The molecule has 4 nitrogen and oxygen atoms in total. The molecule has 3 rings (SSSR count). The lowest BCUT2D eigenvalue weighted by Gasteiger charge is -2.43. The van der Waals surface area contributed by atoms with Crippen LogP contribution >= 0.6 is 0 Å². The summed E-state index contributed by atoms with van der Waals surface area (Å²) in [5.41, 5.74) is 0.683. The third-order valence-electron chi connectivity index (χ3n) is 5.53. The molecular formula is C20H22F2N2O2. The van der Waals surface area contributed by atoms with Crippen molar-refractivity contribution in [2.45, 2.75) is 38.9 Å². The van der Waals surface area contributed by atoms with Gasteiger partial charge in [-0.3, -0.25) is 4.90 Å². The molecule has 138 valence electrons. The Labute approximate surface area is 151 Å². The first-order chi connectivity index (χ1) is 12.5. The van der Waals surface area contributed by atoms with E-state index < -0.39 is 17.4 Å². The van der Waals surface area contributed by atoms with Crippen molar-refractivity contribution in [2.75, 3.05) is 13.1 Å². The second-order valence-corrected chi connectivity index (χ2v) is 6.98. The molecule has 1 N–H and O–H groups in total. The fourth-order valence-electron chi connectivity index (χ4n) is 3.69. The Morgan fingerprint density at radius 2 is 2.27 bits per heavy atom. The smallest absolute Gasteiger partial charge is 0.128 e. The number of benzene rings is 1. The van der Waals surface area contributed by atoms with Crippen LogP contribution in [0.1, 0.15) is 31.7 Å². The summed E-state index contributed by atoms with van der Waals surface area (Å²) in [5.74, 6) is -0.484. The highest BCUT2D eigenvalue weighted by atomic mass is 19.1. The molecule has 0 radical (unpaired) electrons. The molecule has 0 aliphatic carbocycles. The van der Waals surface area contributed by atoms with E-state index in [4.69, 9.17) is 9.68 Å². The van der Waals surface area contributed by atoms with Gasteiger partial charge in [0.2, 0.25) is 0 Å². The van der Waals surface area contributed by atoms with Crippen LogP contribution in [0.25, 0.3) is 11.1 Å². The second-order valence-electron chi connectivity index (χ2n) is 6.98. The average Bonchev–Trinajstić information content (AvgIpc) is 3.15. The molecule has 6 heteroatoms. The number of rotatable bonds is 5. The molecule has 2 atom stereocenters. The first-order valence-corrected chi connectivity index (χ1v) is 8.76. The largest absolute Gasteiger partial charge is 0.507 e. The van der Waals surface area contributed by atoms with Crippen molar-refractivity contribution in [1.82, 2.24) is 4.90 Å². The van der Waals surface area contributed by atoms with E-state index >= 15 is 0 Å². The van der Waals surface area contributed by atoms with Crippen LogP contribution in [0, 0.1) is 22.6 Å². The Balaban J connectivity index is 1.74. The Morgan fingerprint density at radius 3 is 2.88 bits per heavy atom. The predicted molar refractivity (Wildman–Crippen MR) is 93.5 cm³/mol. The van der Waals surface area contributed by atoms with Gasteiger partial charge >= 0.3 is 0 Å². The van der Waals surface area contributed by atoms with Gasteiger partial charge in [0.1, 0.15) is 17.7 Å². The van der Waals surface area contributed by atoms with Gasteiger partial charge in [0.25, 0.3) is 0 Å². The Morgan fingerprint density at radius 1 is 1.46 bits per heavy atom.